The van der Waals surface area contributed by atoms with Crippen LogP contribution in [0.1, 0.15) is 18.6 Å². The summed E-state index contributed by atoms with van der Waals surface area (Å²) in [6.45, 7) is 2.19. The van der Waals surface area contributed by atoms with Crippen molar-refractivity contribution < 1.29 is 14.6 Å². The van der Waals surface area contributed by atoms with Crippen LogP contribution in [0.2, 0.25) is 0 Å². The fourth-order valence-corrected chi connectivity index (χ4v) is 1.47. The lowest BCUT2D eigenvalue weighted by Crippen LogP contribution is -2.28. The molecule has 0 aromatic heterocycles. The maximum absolute atomic E-state index is 11.1. The number of aliphatic hydroxyl groups excluding tert-OH is 1. The summed E-state index contributed by atoms with van der Waals surface area (Å²) in [6, 6.07) is 7.52. The Morgan fingerprint density at radius 3 is 2.50 bits per heavy atom. The average molecular weight is 252 g/mol. The highest BCUT2D eigenvalue weighted by molar-refractivity contribution is 5.67. The standard InChI is InChI=1S/C13H20N2O3/c1-4-18-13(17)14-9-12(16)10-5-7-11(8-6-10)15(2)3/h5-8,12,16H,4,9H2,1-3H3,(H,14,17)/t12-/m0/s1. The molecule has 1 aromatic carbocycles. The summed E-state index contributed by atoms with van der Waals surface area (Å²) in [5.41, 5.74) is 1.82. The molecular weight excluding hydrogens is 232 g/mol. The number of ether oxygens (including phenoxy) is 1. The van der Waals surface area contributed by atoms with Crippen molar-refractivity contribution in [2.45, 2.75) is 13.0 Å². The fourth-order valence-electron chi connectivity index (χ4n) is 1.47. The summed E-state index contributed by atoms with van der Waals surface area (Å²) in [4.78, 5) is 13.1. The highest BCUT2D eigenvalue weighted by atomic mass is 16.5. The smallest absolute Gasteiger partial charge is 0.407 e. The monoisotopic (exact) mass is 252 g/mol. The lowest BCUT2D eigenvalue weighted by Gasteiger charge is -2.15. The number of nitrogens with one attached hydrogen (secondary N) is 1. The highest BCUT2D eigenvalue weighted by Gasteiger charge is 2.09. The second kappa shape index (κ2) is 6.86. The third kappa shape index (κ3) is 4.25. The second-order valence-corrected chi connectivity index (χ2v) is 4.10. The molecular formula is C13H20N2O3. The Balaban J connectivity index is 2.51. The Bertz CT molecular complexity index is 376. The van der Waals surface area contributed by atoms with Gasteiger partial charge >= 0.3 is 6.09 Å². The molecule has 0 saturated heterocycles. The van der Waals surface area contributed by atoms with Crippen LogP contribution in [-0.4, -0.2) is 38.4 Å². The predicted molar refractivity (Wildman–Crippen MR) is 70.8 cm³/mol. The van der Waals surface area contributed by atoms with Crippen molar-refractivity contribution in [2.24, 2.45) is 0 Å². The molecule has 0 heterocycles. The maximum Gasteiger partial charge on any atom is 0.407 e. The minimum absolute atomic E-state index is 0.139. The number of carbonyl (C=O) groups is 1. The van der Waals surface area contributed by atoms with Crippen molar-refractivity contribution in [3.05, 3.63) is 29.8 Å². The Morgan fingerprint density at radius 2 is 2.00 bits per heavy atom. The number of hydrogen-bond acceptors (Lipinski definition) is 4. The van der Waals surface area contributed by atoms with Gasteiger partial charge in [0.1, 0.15) is 0 Å². The summed E-state index contributed by atoms with van der Waals surface area (Å²) < 4.78 is 4.71. The van der Waals surface area contributed by atoms with E-state index in [-0.39, 0.29) is 6.54 Å². The van der Waals surface area contributed by atoms with Gasteiger partial charge in [0.25, 0.3) is 0 Å². The molecule has 0 aliphatic heterocycles. The van der Waals surface area contributed by atoms with Gasteiger partial charge in [0.05, 0.1) is 19.3 Å². The second-order valence-electron chi connectivity index (χ2n) is 4.10. The van der Waals surface area contributed by atoms with Gasteiger partial charge in [-0.25, -0.2) is 4.79 Å². The van der Waals surface area contributed by atoms with Crippen molar-refractivity contribution in [3.8, 4) is 0 Å². The number of anilines is 1. The van der Waals surface area contributed by atoms with Crippen LogP contribution < -0.4 is 10.2 Å². The minimum Gasteiger partial charge on any atom is -0.450 e. The van der Waals surface area contributed by atoms with Gasteiger partial charge in [-0.2, -0.15) is 0 Å². The van der Waals surface area contributed by atoms with Crippen LogP contribution in [-0.2, 0) is 4.74 Å². The number of aliphatic hydroxyl groups is 1. The van der Waals surface area contributed by atoms with Crippen molar-refractivity contribution in [3.63, 3.8) is 0 Å². The van der Waals surface area contributed by atoms with Crippen LogP contribution >= 0.6 is 0 Å². The molecule has 18 heavy (non-hydrogen) atoms. The summed E-state index contributed by atoms with van der Waals surface area (Å²) >= 11 is 0. The van der Waals surface area contributed by atoms with Gasteiger partial charge in [-0.05, 0) is 24.6 Å². The Kier molecular flexibility index (Phi) is 5.45. The predicted octanol–water partition coefficient (Wildman–Crippen LogP) is 1.53. The number of nitrogens with zero attached hydrogens (tertiary/aromatic N) is 1. The molecule has 0 aliphatic carbocycles. The van der Waals surface area contributed by atoms with Gasteiger partial charge in [0, 0.05) is 19.8 Å². The highest BCUT2D eigenvalue weighted by Crippen LogP contribution is 2.17. The van der Waals surface area contributed by atoms with Crippen LogP contribution in [0.4, 0.5) is 10.5 Å². The van der Waals surface area contributed by atoms with E-state index in [1.54, 1.807) is 6.92 Å². The minimum atomic E-state index is -0.731. The molecule has 5 heteroatoms. The molecule has 0 aliphatic rings. The first-order valence-electron chi connectivity index (χ1n) is 5.90. The summed E-state index contributed by atoms with van der Waals surface area (Å²) in [7, 11) is 3.90. The first-order valence-corrected chi connectivity index (χ1v) is 5.90. The molecule has 0 radical (unpaired) electrons. The van der Waals surface area contributed by atoms with E-state index in [9.17, 15) is 9.90 Å². The molecule has 5 nitrogen and oxygen atoms in total. The van der Waals surface area contributed by atoms with Crippen molar-refractivity contribution in [1.82, 2.24) is 5.32 Å². The molecule has 2 N–H and O–H groups in total. The molecule has 100 valence electrons. The van der Waals surface area contributed by atoms with Crippen LogP contribution in [0.5, 0.6) is 0 Å². The van der Waals surface area contributed by atoms with Crippen molar-refractivity contribution in [1.29, 1.82) is 0 Å². The van der Waals surface area contributed by atoms with Crippen LogP contribution in [0.3, 0.4) is 0 Å². The largest absolute Gasteiger partial charge is 0.450 e. The molecule has 1 aromatic rings. The van der Waals surface area contributed by atoms with E-state index in [1.807, 2.05) is 43.3 Å². The molecule has 0 spiro atoms. The summed E-state index contributed by atoms with van der Waals surface area (Å²) in [6.07, 6.45) is -1.24. The lowest BCUT2D eigenvalue weighted by atomic mass is 10.1. The number of alkyl carbamates (subject to hydrolysis) is 1. The Morgan fingerprint density at radius 1 is 1.39 bits per heavy atom. The van der Waals surface area contributed by atoms with Gasteiger partial charge in [-0.1, -0.05) is 12.1 Å². The Labute approximate surface area is 107 Å². The number of hydrogen-bond donors (Lipinski definition) is 2. The van der Waals surface area contributed by atoms with Gasteiger partial charge in [-0.3, -0.25) is 0 Å². The van der Waals surface area contributed by atoms with E-state index < -0.39 is 12.2 Å². The zero-order valence-corrected chi connectivity index (χ0v) is 11.0. The van der Waals surface area contributed by atoms with Crippen LogP contribution in [0, 0.1) is 0 Å². The van der Waals surface area contributed by atoms with E-state index in [1.165, 1.54) is 0 Å². The zero-order chi connectivity index (χ0) is 13.5. The van der Waals surface area contributed by atoms with E-state index in [0.29, 0.717) is 6.61 Å². The zero-order valence-electron chi connectivity index (χ0n) is 11.0. The normalized spacial score (nSPS) is 11.8. The van der Waals surface area contributed by atoms with E-state index >= 15 is 0 Å². The number of carbonyl (C=O) groups excluding carboxylic acids is 1. The van der Waals surface area contributed by atoms with E-state index in [2.05, 4.69) is 5.32 Å². The van der Waals surface area contributed by atoms with E-state index in [0.717, 1.165) is 11.3 Å². The summed E-state index contributed by atoms with van der Waals surface area (Å²) in [5.74, 6) is 0. The van der Waals surface area contributed by atoms with Crippen LogP contribution in [0.15, 0.2) is 24.3 Å². The van der Waals surface area contributed by atoms with Crippen LogP contribution in [0.25, 0.3) is 0 Å². The fraction of sp³-hybridized carbons (Fsp3) is 0.462. The molecule has 0 saturated carbocycles. The Hall–Kier alpha value is -1.75. The van der Waals surface area contributed by atoms with Gasteiger partial charge in [-0.15, -0.1) is 0 Å². The topological polar surface area (TPSA) is 61.8 Å². The third-order valence-electron chi connectivity index (χ3n) is 2.51. The maximum atomic E-state index is 11.1. The SMILES string of the molecule is CCOC(=O)NC[C@H](O)c1ccc(N(C)C)cc1. The molecule has 1 amide bonds. The van der Waals surface area contributed by atoms with Crippen molar-refractivity contribution >= 4 is 11.8 Å². The number of amides is 1. The van der Waals surface area contributed by atoms with Crippen molar-refractivity contribution in [2.75, 3.05) is 32.1 Å². The number of benzene rings is 1. The summed E-state index contributed by atoms with van der Waals surface area (Å²) in [5, 5.41) is 12.4. The first-order chi connectivity index (χ1) is 8.54. The molecule has 0 unspecified atom stereocenters. The third-order valence-corrected chi connectivity index (χ3v) is 2.51. The van der Waals surface area contributed by atoms with Gasteiger partial charge in [0.2, 0.25) is 0 Å². The number of rotatable bonds is 5. The van der Waals surface area contributed by atoms with E-state index in [4.69, 9.17) is 4.74 Å². The first kappa shape index (κ1) is 14.3. The molecule has 1 rings (SSSR count). The molecule has 1 atom stereocenters. The quantitative estimate of drug-likeness (QED) is 0.834. The van der Waals surface area contributed by atoms with Gasteiger partial charge in [0.15, 0.2) is 0 Å². The lowest BCUT2D eigenvalue weighted by molar-refractivity contribution is 0.135. The molecule has 0 bridgehead atoms. The van der Waals surface area contributed by atoms with Gasteiger partial charge < -0.3 is 20.1 Å². The average Bonchev–Trinajstić information content (AvgIpc) is 2.36. The molecule has 0 fully saturated rings.